The maximum Gasteiger partial charge on any atom is 0.306 e. The van der Waals surface area contributed by atoms with Crippen LogP contribution >= 0.6 is 0 Å². The highest BCUT2D eigenvalue weighted by Crippen LogP contribution is 2.30. The Bertz CT molecular complexity index is 345. The van der Waals surface area contributed by atoms with Gasteiger partial charge in [0.2, 0.25) is 5.91 Å². The molecule has 1 aliphatic carbocycles. The topological polar surface area (TPSA) is 81.1 Å². The molecular formula is C14H24N2O4. The van der Waals surface area contributed by atoms with E-state index in [1.807, 2.05) is 4.90 Å². The number of piperazine rings is 1. The van der Waals surface area contributed by atoms with Crippen molar-refractivity contribution in [2.45, 2.75) is 25.7 Å². The van der Waals surface area contributed by atoms with Gasteiger partial charge in [-0.1, -0.05) is 0 Å². The first-order valence-electron chi connectivity index (χ1n) is 7.46. The first kappa shape index (κ1) is 15.3. The molecule has 1 aliphatic heterocycles. The number of β-amino-alcohol motifs (C(OH)–C–C–N with tert-alkyl or cyclic N) is 1. The first-order chi connectivity index (χ1) is 9.61. The third kappa shape index (κ3) is 3.70. The van der Waals surface area contributed by atoms with E-state index in [0.29, 0.717) is 32.2 Å². The smallest absolute Gasteiger partial charge is 0.306 e. The van der Waals surface area contributed by atoms with Gasteiger partial charge in [0.25, 0.3) is 0 Å². The molecule has 0 atom stereocenters. The third-order valence-electron chi connectivity index (χ3n) is 4.53. The summed E-state index contributed by atoms with van der Waals surface area (Å²) in [5.41, 5.74) is 0. The SMILES string of the molecule is O=C(O)C1CCC(C(=O)N2CCN(CCO)CC2)CC1. The summed E-state index contributed by atoms with van der Waals surface area (Å²) in [6.07, 6.45) is 2.64. The zero-order chi connectivity index (χ0) is 14.5. The molecule has 1 saturated carbocycles. The van der Waals surface area contributed by atoms with E-state index in [9.17, 15) is 9.59 Å². The predicted molar refractivity (Wildman–Crippen MR) is 73.2 cm³/mol. The normalized spacial score (nSPS) is 28.4. The number of carbonyl (C=O) groups excluding carboxylic acids is 1. The summed E-state index contributed by atoms with van der Waals surface area (Å²) in [6.45, 7) is 3.90. The van der Waals surface area contributed by atoms with Crippen LogP contribution in [0.5, 0.6) is 0 Å². The quantitative estimate of drug-likeness (QED) is 0.760. The zero-order valence-corrected chi connectivity index (χ0v) is 11.8. The predicted octanol–water partition coefficient (Wildman–Crippen LogP) is 0.0139. The van der Waals surface area contributed by atoms with Crippen LogP contribution in [0.15, 0.2) is 0 Å². The van der Waals surface area contributed by atoms with Crippen molar-refractivity contribution in [2.75, 3.05) is 39.3 Å². The van der Waals surface area contributed by atoms with Crippen molar-refractivity contribution < 1.29 is 19.8 Å². The minimum atomic E-state index is -0.728. The molecule has 2 rings (SSSR count). The van der Waals surface area contributed by atoms with Crippen molar-refractivity contribution in [2.24, 2.45) is 11.8 Å². The highest BCUT2D eigenvalue weighted by atomic mass is 16.4. The van der Waals surface area contributed by atoms with Crippen molar-refractivity contribution in [3.63, 3.8) is 0 Å². The van der Waals surface area contributed by atoms with Crippen LogP contribution in [0, 0.1) is 11.8 Å². The Kier molecular flexibility index (Phi) is 5.37. The second-order valence-corrected chi connectivity index (χ2v) is 5.78. The molecule has 114 valence electrons. The average Bonchev–Trinajstić information content (AvgIpc) is 2.48. The maximum absolute atomic E-state index is 12.4. The fourth-order valence-corrected chi connectivity index (χ4v) is 3.18. The Morgan fingerprint density at radius 2 is 1.50 bits per heavy atom. The summed E-state index contributed by atoms with van der Waals surface area (Å²) in [5, 5.41) is 17.9. The number of aliphatic hydroxyl groups excluding tert-OH is 1. The molecule has 1 saturated heterocycles. The Morgan fingerprint density at radius 1 is 0.950 bits per heavy atom. The van der Waals surface area contributed by atoms with Gasteiger partial charge in [0.1, 0.15) is 0 Å². The summed E-state index contributed by atoms with van der Waals surface area (Å²) in [6, 6.07) is 0. The van der Waals surface area contributed by atoms with Crippen molar-refractivity contribution in [3.8, 4) is 0 Å². The second kappa shape index (κ2) is 7.04. The third-order valence-corrected chi connectivity index (χ3v) is 4.53. The lowest BCUT2D eigenvalue weighted by molar-refractivity contribution is -0.146. The molecule has 1 amide bonds. The number of carboxylic acids is 1. The van der Waals surface area contributed by atoms with Gasteiger partial charge in [0.15, 0.2) is 0 Å². The molecule has 2 fully saturated rings. The van der Waals surface area contributed by atoms with Crippen LogP contribution in [-0.2, 0) is 9.59 Å². The van der Waals surface area contributed by atoms with Crippen molar-refractivity contribution >= 4 is 11.9 Å². The lowest BCUT2D eigenvalue weighted by Gasteiger charge is -2.37. The maximum atomic E-state index is 12.4. The fraction of sp³-hybridized carbons (Fsp3) is 0.857. The van der Waals surface area contributed by atoms with E-state index in [1.54, 1.807) is 0 Å². The number of carboxylic acid groups (broad SMARTS) is 1. The number of aliphatic carboxylic acids is 1. The van der Waals surface area contributed by atoms with Gasteiger partial charge in [0, 0.05) is 38.6 Å². The van der Waals surface area contributed by atoms with Crippen LogP contribution in [0.1, 0.15) is 25.7 Å². The van der Waals surface area contributed by atoms with Crippen LogP contribution in [0.4, 0.5) is 0 Å². The molecule has 0 radical (unpaired) electrons. The number of hydrogen-bond donors (Lipinski definition) is 2. The Balaban J connectivity index is 1.77. The van der Waals surface area contributed by atoms with Crippen molar-refractivity contribution in [1.29, 1.82) is 0 Å². The molecule has 0 spiro atoms. The molecule has 6 heteroatoms. The molecule has 2 aliphatic rings. The summed E-state index contributed by atoms with van der Waals surface area (Å²) in [4.78, 5) is 27.4. The summed E-state index contributed by atoms with van der Waals surface area (Å²) < 4.78 is 0. The van der Waals surface area contributed by atoms with Gasteiger partial charge < -0.3 is 15.1 Å². The summed E-state index contributed by atoms with van der Waals surface area (Å²) in [5.74, 6) is -0.790. The minimum Gasteiger partial charge on any atom is -0.481 e. The molecular weight excluding hydrogens is 260 g/mol. The lowest BCUT2D eigenvalue weighted by Crippen LogP contribution is -2.51. The first-order valence-corrected chi connectivity index (χ1v) is 7.46. The zero-order valence-electron chi connectivity index (χ0n) is 11.8. The number of rotatable bonds is 4. The highest BCUT2D eigenvalue weighted by molar-refractivity contribution is 5.79. The molecule has 0 aromatic rings. The molecule has 20 heavy (non-hydrogen) atoms. The van der Waals surface area contributed by atoms with E-state index in [0.717, 1.165) is 26.2 Å². The van der Waals surface area contributed by atoms with Crippen LogP contribution < -0.4 is 0 Å². The number of nitrogens with zero attached hydrogens (tertiary/aromatic N) is 2. The summed E-state index contributed by atoms with van der Waals surface area (Å²) in [7, 11) is 0. The van der Waals surface area contributed by atoms with Crippen LogP contribution in [0.3, 0.4) is 0 Å². The molecule has 2 N–H and O–H groups in total. The Labute approximate surface area is 119 Å². The molecule has 0 aromatic heterocycles. The molecule has 0 bridgehead atoms. The lowest BCUT2D eigenvalue weighted by atomic mass is 9.81. The fourth-order valence-electron chi connectivity index (χ4n) is 3.18. The van der Waals surface area contributed by atoms with Gasteiger partial charge in [-0.2, -0.15) is 0 Å². The van der Waals surface area contributed by atoms with Crippen LogP contribution in [0.25, 0.3) is 0 Å². The largest absolute Gasteiger partial charge is 0.481 e. The van der Waals surface area contributed by atoms with Crippen molar-refractivity contribution in [1.82, 2.24) is 9.80 Å². The van der Waals surface area contributed by atoms with Gasteiger partial charge in [-0.25, -0.2) is 0 Å². The van der Waals surface area contributed by atoms with Crippen LogP contribution in [0.2, 0.25) is 0 Å². The van der Waals surface area contributed by atoms with Gasteiger partial charge in [-0.3, -0.25) is 14.5 Å². The second-order valence-electron chi connectivity index (χ2n) is 5.78. The van der Waals surface area contributed by atoms with Gasteiger partial charge in [-0.15, -0.1) is 0 Å². The van der Waals surface area contributed by atoms with E-state index < -0.39 is 5.97 Å². The monoisotopic (exact) mass is 284 g/mol. The van der Waals surface area contributed by atoms with Gasteiger partial charge in [0.05, 0.1) is 12.5 Å². The molecule has 1 heterocycles. The summed E-state index contributed by atoms with van der Waals surface area (Å²) >= 11 is 0. The Morgan fingerprint density at radius 3 is 2.00 bits per heavy atom. The van der Waals surface area contributed by atoms with E-state index >= 15 is 0 Å². The number of aliphatic hydroxyl groups is 1. The van der Waals surface area contributed by atoms with Crippen LogP contribution in [-0.4, -0.2) is 71.2 Å². The number of amides is 1. The average molecular weight is 284 g/mol. The van der Waals surface area contributed by atoms with E-state index in [2.05, 4.69) is 4.90 Å². The standard InChI is InChI=1S/C14H24N2O4/c17-10-9-15-5-7-16(8-6-15)13(18)11-1-3-12(4-2-11)14(19)20/h11-12,17H,1-10H2,(H,19,20). The minimum absolute atomic E-state index is 0.00925. The molecule has 0 aromatic carbocycles. The number of hydrogen-bond acceptors (Lipinski definition) is 4. The van der Waals surface area contributed by atoms with Gasteiger partial charge >= 0.3 is 5.97 Å². The highest BCUT2D eigenvalue weighted by Gasteiger charge is 2.32. The van der Waals surface area contributed by atoms with E-state index in [-0.39, 0.29) is 24.3 Å². The van der Waals surface area contributed by atoms with Gasteiger partial charge in [-0.05, 0) is 25.7 Å². The van der Waals surface area contributed by atoms with Crippen molar-refractivity contribution in [3.05, 3.63) is 0 Å². The Hall–Kier alpha value is -1.14. The molecule has 0 unspecified atom stereocenters. The van der Waals surface area contributed by atoms with E-state index in [1.165, 1.54) is 0 Å². The molecule has 6 nitrogen and oxygen atoms in total. The number of carbonyl (C=O) groups is 2. The van der Waals surface area contributed by atoms with E-state index in [4.69, 9.17) is 10.2 Å².